The van der Waals surface area contributed by atoms with Crippen molar-refractivity contribution >= 4 is 11.9 Å². The first-order valence-corrected chi connectivity index (χ1v) is 3.48. The Balaban J connectivity index is 4.01. The van der Waals surface area contributed by atoms with Gasteiger partial charge in [-0.05, 0) is 6.92 Å². The average Bonchev–Trinajstić information content (AvgIpc) is 2.00. The lowest BCUT2D eigenvalue weighted by Gasteiger charge is -2.18. The number of carbonyl (C=O) groups is 2. The highest BCUT2D eigenvalue weighted by Crippen LogP contribution is 1.94. The zero-order valence-electron chi connectivity index (χ0n) is 7.40. The number of aliphatic carboxylic acids is 1. The number of amides is 1. The molecule has 0 aromatic heterocycles. The average molecular weight is 175 g/mol. The maximum Gasteiger partial charge on any atom is 0.323 e. The smallest absolute Gasteiger partial charge is 0.323 e. The van der Waals surface area contributed by atoms with E-state index in [0.29, 0.717) is 0 Å². The quantitative estimate of drug-likeness (QED) is 0.629. The minimum absolute atomic E-state index is 0.299. The van der Waals surface area contributed by atoms with Crippen LogP contribution in [0.15, 0.2) is 0 Å². The second-order valence-corrected chi connectivity index (χ2v) is 2.47. The van der Waals surface area contributed by atoms with Gasteiger partial charge in [0.25, 0.3) is 5.91 Å². The molecule has 5 nitrogen and oxygen atoms in total. The highest BCUT2D eigenvalue weighted by atomic mass is 16.5. The molecule has 0 heterocycles. The van der Waals surface area contributed by atoms with Crippen LogP contribution in [-0.2, 0) is 14.3 Å². The van der Waals surface area contributed by atoms with Gasteiger partial charge in [0, 0.05) is 14.2 Å². The number of rotatable bonds is 4. The predicted octanol–water partition coefficient (Wildman–Crippen LogP) is -0.436. The molecule has 0 fully saturated rings. The Labute approximate surface area is 70.9 Å². The molecule has 0 rings (SSSR count). The van der Waals surface area contributed by atoms with E-state index < -0.39 is 12.1 Å². The topological polar surface area (TPSA) is 66.8 Å². The van der Waals surface area contributed by atoms with Crippen LogP contribution in [0.1, 0.15) is 6.92 Å². The van der Waals surface area contributed by atoms with E-state index in [1.54, 1.807) is 6.92 Å². The highest BCUT2D eigenvalue weighted by molar-refractivity contribution is 5.84. The largest absolute Gasteiger partial charge is 0.480 e. The van der Waals surface area contributed by atoms with Crippen molar-refractivity contribution in [2.75, 3.05) is 20.7 Å². The summed E-state index contributed by atoms with van der Waals surface area (Å²) in [4.78, 5) is 22.4. The molecule has 0 aliphatic rings. The van der Waals surface area contributed by atoms with Crippen LogP contribution >= 0.6 is 0 Å². The van der Waals surface area contributed by atoms with Crippen LogP contribution in [-0.4, -0.2) is 48.7 Å². The summed E-state index contributed by atoms with van der Waals surface area (Å²) < 4.78 is 4.73. The zero-order chi connectivity index (χ0) is 9.72. The van der Waals surface area contributed by atoms with Gasteiger partial charge in [0.2, 0.25) is 0 Å². The van der Waals surface area contributed by atoms with E-state index in [9.17, 15) is 9.59 Å². The van der Waals surface area contributed by atoms with E-state index in [1.165, 1.54) is 14.2 Å². The number of likely N-dealkylation sites (N-methyl/N-ethyl adjacent to an activating group) is 1. The molecule has 1 atom stereocenters. The molecule has 0 aliphatic carbocycles. The van der Waals surface area contributed by atoms with Crippen molar-refractivity contribution in [1.82, 2.24) is 4.90 Å². The first kappa shape index (κ1) is 10.9. The molecule has 1 unspecified atom stereocenters. The van der Waals surface area contributed by atoms with Gasteiger partial charge in [0.1, 0.15) is 12.6 Å². The normalized spacial score (nSPS) is 12.2. The third-order valence-corrected chi connectivity index (χ3v) is 1.45. The van der Waals surface area contributed by atoms with Crippen LogP contribution in [0.5, 0.6) is 0 Å². The number of carbonyl (C=O) groups excluding carboxylic acids is 1. The van der Waals surface area contributed by atoms with E-state index >= 15 is 0 Å². The van der Waals surface area contributed by atoms with Gasteiger partial charge in [0.15, 0.2) is 0 Å². The second-order valence-electron chi connectivity index (χ2n) is 2.47. The first-order chi connectivity index (χ1) is 5.49. The predicted molar refractivity (Wildman–Crippen MR) is 41.7 cm³/mol. The fraction of sp³-hybridized carbons (Fsp3) is 0.714. The number of ether oxygens (including phenoxy) is 1. The Bertz CT molecular complexity index is 180. The summed E-state index contributed by atoms with van der Waals surface area (Å²) in [6.45, 7) is 1.27. The van der Waals surface area contributed by atoms with Gasteiger partial charge >= 0.3 is 5.97 Å². The number of hydrogen-bond acceptors (Lipinski definition) is 3. The SMILES string of the molecule is COC(C)C(=O)N(C)CC(=O)O. The molecule has 0 radical (unpaired) electrons. The lowest BCUT2D eigenvalue weighted by atomic mass is 10.3. The molecule has 0 aliphatic heterocycles. The van der Waals surface area contributed by atoms with Gasteiger partial charge in [-0.3, -0.25) is 9.59 Å². The van der Waals surface area contributed by atoms with Gasteiger partial charge in [-0.1, -0.05) is 0 Å². The lowest BCUT2D eigenvalue weighted by molar-refractivity contribution is -0.147. The van der Waals surface area contributed by atoms with Crippen molar-refractivity contribution < 1.29 is 19.4 Å². The van der Waals surface area contributed by atoms with Crippen LogP contribution < -0.4 is 0 Å². The van der Waals surface area contributed by atoms with E-state index in [4.69, 9.17) is 9.84 Å². The van der Waals surface area contributed by atoms with E-state index in [2.05, 4.69) is 0 Å². The van der Waals surface area contributed by atoms with Gasteiger partial charge in [-0.25, -0.2) is 0 Å². The van der Waals surface area contributed by atoms with Gasteiger partial charge in [-0.2, -0.15) is 0 Å². The van der Waals surface area contributed by atoms with Crippen LogP contribution in [0, 0.1) is 0 Å². The molecule has 5 heteroatoms. The minimum atomic E-state index is -1.03. The molecular formula is C7H13NO4. The Morgan fingerprint density at radius 1 is 1.58 bits per heavy atom. The number of methoxy groups -OCH3 is 1. The summed E-state index contributed by atoms with van der Waals surface area (Å²) in [5.41, 5.74) is 0. The standard InChI is InChI=1S/C7H13NO4/c1-5(12-3)7(11)8(2)4-6(9)10/h5H,4H2,1-3H3,(H,9,10). The number of carboxylic acids is 1. The monoisotopic (exact) mass is 175 g/mol. The van der Waals surface area contributed by atoms with Crippen molar-refractivity contribution in [3.63, 3.8) is 0 Å². The van der Waals surface area contributed by atoms with E-state index in [1.807, 2.05) is 0 Å². The minimum Gasteiger partial charge on any atom is -0.480 e. The number of carboxylic acid groups (broad SMARTS) is 1. The molecule has 0 bridgehead atoms. The summed E-state index contributed by atoms with van der Waals surface area (Å²) in [5.74, 6) is -1.37. The Morgan fingerprint density at radius 3 is 2.42 bits per heavy atom. The Kier molecular flexibility index (Phi) is 4.28. The van der Waals surface area contributed by atoms with E-state index in [0.717, 1.165) is 4.90 Å². The maximum absolute atomic E-state index is 11.1. The fourth-order valence-corrected chi connectivity index (χ4v) is 0.692. The third kappa shape index (κ3) is 3.34. The lowest BCUT2D eigenvalue weighted by Crippen LogP contribution is -2.38. The summed E-state index contributed by atoms with van der Waals surface area (Å²) in [5, 5.41) is 8.35. The molecule has 0 aromatic carbocycles. The van der Waals surface area contributed by atoms with Crippen molar-refractivity contribution in [3.05, 3.63) is 0 Å². The zero-order valence-corrected chi connectivity index (χ0v) is 7.40. The molecule has 0 spiro atoms. The molecule has 0 aromatic rings. The van der Waals surface area contributed by atoms with Crippen molar-refractivity contribution in [2.24, 2.45) is 0 Å². The molecule has 1 amide bonds. The number of nitrogens with zero attached hydrogens (tertiary/aromatic N) is 1. The molecule has 12 heavy (non-hydrogen) atoms. The summed E-state index contributed by atoms with van der Waals surface area (Å²) in [6.07, 6.45) is -0.589. The highest BCUT2D eigenvalue weighted by Gasteiger charge is 2.18. The molecular weight excluding hydrogens is 162 g/mol. The van der Waals surface area contributed by atoms with Crippen molar-refractivity contribution in [1.29, 1.82) is 0 Å². The first-order valence-electron chi connectivity index (χ1n) is 3.48. The second kappa shape index (κ2) is 4.71. The van der Waals surface area contributed by atoms with Crippen LogP contribution in [0.2, 0.25) is 0 Å². The maximum atomic E-state index is 11.1. The number of hydrogen-bond donors (Lipinski definition) is 1. The Morgan fingerprint density at radius 2 is 2.08 bits per heavy atom. The Hall–Kier alpha value is -1.10. The van der Waals surface area contributed by atoms with Crippen LogP contribution in [0.3, 0.4) is 0 Å². The summed E-state index contributed by atoms with van der Waals surface area (Å²) >= 11 is 0. The van der Waals surface area contributed by atoms with Crippen LogP contribution in [0.4, 0.5) is 0 Å². The molecule has 0 saturated carbocycles. The van der Waals surface area contributed by atoms with Gasteiger partial charge < -0.3 is 14.7 Å². The van der Waals surface area contributed by atoms with Gasteiger partial charge in [-0.15, -0.1) is 0 Å². The van der Waals surface area contributed by atoms with Crippen LogP contribution in [0.25, 0.3) is 0 Å². The van der Waals surface area contributed by atoms with Crippen molar-refractivity contribution in [2.45, 2.75) is 13.0 Å². The molecule has 0 saturated heterocycles. The summed E-state index contributed by atoms with van der Waals surface area (Å²) in [6, 6.07) is 0. The molecule has 70 valence electrons. The summed E-state index contributed by atoms with van der Waals surface area (Å²) in [7, 11) is 2.82. The fourth-order valence-electron chi connectivity index (χ4n) is 0.692. The molecule has 1 N–H and O–H groups in total. The van der Waals surface area contributed by atoms with E-state index in [-0.39, 0.29) is 12.5 Å². The van der Waals surface area contributed by atoms with Crippen molar-refractivity contribution in [3.8, 4) is 0 Å². The third-order valence-electron chi connectivity index (χ3n) is 1.45. The van der Waals surface area contributed by atoms with Gasteiger partial charge in [0.05, 0.1) is 0 Å².